The van der Waals surface area contributed by atoms with E-state index in [0.29, 0.717) is 0 Å². The summed E-state index contributed by atoms with van der Waals surface area (Å²) in [4.78, 5) is 0. The standard InChI is InChI=1S/C16H26O4/c1-10(2)5-6-12-15(3,20-12)14-13(18-4)11(17)7-8-16(14)9-19-16/h5,11-14,17H,6-9H2,1-4H3/t11-,12?,13-,14?,15-,16+/m1/s1. The number of methoxy groups -OCH3 is 1. The molecule has 114 valence electrons. The van der Waals surface area contributed by atoms with E-state index in [1.54, 1.807) is 7.11 Å². The molecule has 0 radical (unpaired) electrons. The van der Waals surface area contributed by atoms with E-state index in [1.807, 2.05) is 0 Å². The van der Waals surface area contributed by atoms with Crippen LogP contribution in [0.25, 0.3) is 0 Å². The maximum absolute atomic E-state index is 10.2. The Morgan fingerprint density at radius 3 is 2.70 bits per heavy atom. The zero-order chi connectivity index (χ0) is 14.5. The number of ether oxygens (including phenoxy) is 3. The minimum Gasteiger partial charge on any atom is -0.390 e. The van der Waals surface area contributed by atoms with Crippen LogP contribution in [0, 0.1) is 5.92 Å². The van der Waals surface area contributed by atoms with Crippen molar-refractivity contribution < 1.29 is 19.3 Å². The molecule has 0 aromatic rings. The van der Waals surface area contributed by atoms with Crippen LogP contribution in [0.15, 0.2) is 11.6 Å². The van der Waals surface area contributed by atoms with Crippen LogP contribution >= 0.6 is 0 Å². The summed E-state index contributed by atoms with van der Waals surface area (Å²) < 4.78 is 17.4. The van der Waals surface area contributed by atoms with Gasteiger partial charge < -0.3 is 19.3 Å². The zero-order valence-electron chi connectivity index (χ0n) is 12.9. The number of rotatable bonds is 4. The van der Waals surface area contributed by atoms with E-state index >= 15 is 0 Å². The first kappa shape index (κ1) is 14.5. The van der Waals surface area contributed by atoms with E-state index in [4.69, 9.17) is 14.2 Å². The van der Waals surface area contributed by atoms with Crippen LogP contribution in [-0.2, 0) is 14.2 Å². The van der Waals surface area contributed by atoms with Crippen molar-refractivity contribution in [1.29, 1.82) is 0 Å². The largest absolute Gasteiger partial charge is 0.390 e. The van der Waals surface area contributed by atoms with Crippen LogP contribution in [0.5, 0.6) is 0 Å². The lowest BCUT2D eigenvalue weighted by Gasteiger charge is -2.41. The minimum atomic E-state index is -0.412. The lowest BCUT2D eigenvalue weighted by molar-refractivity contribution is -0.116. The molecule has 3 aliphatic rings. The Kier molecular flexibility index (Phi) is 3.49. The molecule has 0 aromatic carbocycles. The molecule has 1 aliphatic carbocycles. The van der Waals surface area contributed by atoms with Crippen molar-refractivity contribution in [3.8, 4) is 0 Å². The van der Waals surface area contributed by atoms with Gasteiger partial charge in [0.25, 0.3) is 0 Å². The van der Waals surface area contributed by atoms with Crippen LogP contribution in [0.3, 0.4) is 0 Å². The SMILES string of the molecule is CO[C@H]1C([C@]2(C)OC2CC=C(C)C)[C@]2(CC[C@H]1O)CO2. The number of hydrogen-bond acceptors (Lipinski definition) is 4. The highest BCUT2D eigenvalue weighted by Gasteiger charge is 2.71. The summed E-state index contributed by atoms with van der Waals surface area (Å²) in [5.41, 5.74) is 0.964. The topological polar surface area (TPSA) is 54.5 Å². The maximum Gasteiger partial charge on any atom is 0.101 e. The predicted octanol–water partition coefficient (Wildman–Crippen LogP) is 2.06. The summed E-state index contributed by atoms with van der Waals surface area (Å²) in [5, 5.41) is 10.2. The van der Waals surface area contributed by atoms with Gasteiger partial charge in [0, 0.05) is 7.11 Å². The Morgan fingerprint density at radius 1 is 1.45 bits per heavy atom. The second-order valence-corrected chi connectivity index (χ2v) is 6.94. The van der Waals surface area contributed by atoms with E-state index < -0.39 is 6.10 Å². The molecule has 2 unspecified atom stereocenters. The molecule has 0 amide bonds. The van der Waals surface area contributed by atoms with Crippen LogP contribution in [0.1, 0.15) is 40.0 Å². The van der Waals surface area contributed by atoms with Gasteiger partial charge >= 0.3 is 0 Å². The van der Waals surface area contributed by atoms with Crippen LogP contribution in [0.2, 0.25) is 0 Å². The van der Waals surface area contributed by atoms with E-state index in [0.717, 1.165) is 25.9 Å². The first-order chi connectivity index (χ1) is 9.43. The zero-order valence-corrected chi connectivity index (χ0v) is 12.9. The van der Waals surface area contributed by atoms with Gasteiger partial charge in [0.15, 0.2) is 0 Å². The normalized spacial score (nSPS) is 50.0. The second kappa shape index (κ2) is 4.80. The quantitative estimate of drug-likeness (QED) is 0.633. The fourth-order valence-corrected chi connectivity index (χ4v) is 3.96. The van der Waals surface area contributed by atoms with Gasteiger partial charge in [-0.1, -0.05) is 11.6 Å². The fraction of sp³-hybridized carbons (Fsp3) is 0.875. The molecule has 3 fully saturated rings. The highest BCUT2D eigenvalue weighted by atomic mass is 16.6. The third kappa shape index (κ3) is 2.23. The van der Waals surface area contributed by atoms with Crippen molar-refractivity contribution in [2.45, 2.75) is 69.5 Å². The van der Waals surface area contributed by atoms with Gasteiger partial charge in [0.2, 0.25) is 0 Å². The monoisotopic (exact) mass is 282 g/mol. The summed E-state index contributed by atoms with van der Waals surface area (Å²) in [7, 11) is 1.68. The van der Waals surface area contributed by atoms with Crippen molar-refractivity contribution in [2.75, 3.05) is 13.7 Å². The lowest BCUT2D eigenvalue weighted by Crippen LogP contribution is -2.54. The average Bonchev–Trinajstić information content (AvgIpc) is 3.29. The van der Waals surface area contributed by atoms with Crippen LogP contribution in [-0.4, -0.2) is 48.3 Å². The molecule has 0 bridgehead atoms. The molecule has 3 rings (SSSR count). The average molecular weight is 282 g/mol. The molecular formula is C16H26O4. The van der Waals surface area contributed by atoms with Crippen molar-refractivity contribution >= 4 is 0 Å². The first-order valence-corrected chi connectivity index (χ1v) is 7.59. The van der Waals surface area contributed by atoms with E-state index in [1.165, 1.54) is 5.57 Å². The molecule has 1 spiro atoms. The molecule has 20 heavy (non-hydrogen) atoms. The third-order valence-corrected chi connectivity index (χ3v) is 5.26. The Bertz CT molecular complexity index is 411. The Labute approximate surface area is 121 Å². The maximum atomic E-state index is 10.2. The molecule has 1 saturated carbocycles. The van der Waals surface area contributed by atoms with E-state index in [2.05, 4.69) is 26.8 Å². The van der Waals surface area contributed by atoms with Crippen molar-refractivity contribution in [3.05, 3.63) is 11.6 Å². The number of aliphatic hydroxyl groups excluding tert-OH is 1. The van der Waals surface area contributed by atoms with Gasteiger partial charge in [-0.25, -0.2) is 0 Å². The van der Waals surface area contributed by atoms with Gasteiger partial charge in [0.1, 0.15) is 5.60 Å². The molecule has 4 heteroatoms. The fourth-order valence-electron chi connectivity index (χ4n) is 3.96. The molecule has 1 N–H and O–H groups in total. The minimum absolute atomic E-state index is 0.117. The van der Waals surface area contributed by atoms with Gasteiger partial charge in [-0.15, -0.1) is 0 Å². The van der Waals surface area contributed by atoms with Crippen LogP contribution < -0.4 is 0 Å². The van der Waals surface area contributed by atoms with Gasteiger partial charge in [-0.3, -0.25) is 0 Å². The highest BCUT2D eigenvalue weighted by molar-refractivity contribution is 5.20. The Morgan fingerprint density at radius 2 is 2.15 bits per heavy atom. The summed E-state index contributed by atoms with van der Waals surface area (Å²) in [6.45, 7) is 7.13. The Hall–Kier alpha value is -0.420. The van der Waals surface area contributed by atoms with Crippen molar-refractivity contribution in [2.24, 2.45) is 5.92 Å². The number of epoxide rings is 2. The summed E-state index contributed by atoms with van der Waals surface area (Å²) in [6, 6.07) is 0. The van der Waals surface area contributed by atoms with Gasteiger partial charge in [-0.2, -0.15) is 0 Å². The smallest absolute Gasteiger partial charge is 0.101 e. The summed E-state index contributed by atoms with van der Waals surface area (Å²) >= 11 is 0. The molecule has 2 heterocycles. The summed E-state index contributed by atoms with van der Waals surface area (Å²) in [6.07, 6.45) is 4.43. The molecular weight excluding hydrogens is 256 g/mol. The highest BCUT2D eigenvalue weighted by Crippen LogP contribution is 2.59. The van der Waals surface area contributed by atoms with Crippen molar-refractivity contribution in [1.82, 2.24) is 0 Å². The Balaban J connectivity index is 1.78. The number of hydrogen-bond donors (Lipinski definition) is 1. The molecule has 2 saturated heterocycles. The third-order valence-electron chi connectivity index (χ3n) is 5.26. The van der Waals surface area contributed by atoms with E-state index in [9.17, 15) is 5.11 Å². The number of aliphatic hydroxyl groups is 1. The molecule has 0 aromatic heterocycles. The predicted molar refractivity (Wildman–Crippen MR) is 75.5 cm³/mol. The molecule has 4 nitrogen and oxygen atoms in total. The van der Waals surface area contributed by atoms with Gasteiger partial charge in [-0.05, 0) is 40.0 Å². The second-order valence-electron chi connectivity index (χ2n) is 6.94. The van der Waals surface area contributed by atoms with Crippen molar-refractivity contribution in [3.63, 3.8) is 0 Å². The molecule has 2 aliphatic heterocycles. The first-order valence-electron chi connectivity index (χ1n) is 7.59. The number of allylic oxidation sites excluding steroid dienone is 1. The molecule has 6 atom stereocenters. The van der Waals surface area contributed by atoms with Gasteiger partial charge in [0.05, 0.1) is 36.4 Å². The lowest BCUT2D eigenvalue weighted by atomic mass is 9.68. The van der Waals surface area contributed by atoms with E-state index in [-0.39, 0.29) is 29.3 Å². The van der Waals surface area contributed by atoms with Crippen LogP contribution in [0.4, 0.5) is 0 Å². The summed E-state index contributed by atoms with van der Waals surface area (Å²) in [5.74, 6) is 0.124.